The van der Waals surface area contributed by atoms with E-state index in [4.69, 9.17) is 4.74 Å². The molecular formula is C14H19N3O. The summed E-state index contributed by atoms with van der Waals surface area (Å²) in [6.07, 6.45) is 1.03. The molecule has 4 nitrogen and oxygen atoms in total. The van der Waals surface area contributed by atoms with E-state index in [0.717, 1.165) is 37.0 Å². The molecule has 0 aliphatic rings. The van der Waals surface area contributed by atoms with Crippen molar-refractivity contribution < 1.29 is 4.74 Å². The Morgan fingerprint density at radius 1 is 1.17 bits per heavy atom. The summed E-state index contributed by atoms with van der Waals surface area (Å²) in [5.41, 5.74) is 1.20. The van der Waals surface area contributed by atoms with E-state index in [1.165, 1.54) is 5.56 Å². The molecule has 96 valence electrons. The van der Waals surface area contributed by atoms with Gasteiger partial charge in [-0.1, -0.05) is 19.1 Å². The summed E-state index contributed by atoms with van der Waals surface area (Å²) in [6, 6.07) is 8.15. The van der Waals surface area contributed by atoms with Crippen molar-refractivity contribution in [1.82, 2.24) is 14.8 Å². The summed E-state index contributed by atoms with van der Waals surface area (Å²) < 4.78 is 7.47. The second-order valence-electron chi connectivity index (χ2n) is 4.36. The van der Waals surface area contributed by atoms with Crippen molar-refractivity contribution in [2.24, 2.45) is 0 Å². The minimum Gasteiger partial charge on any atom is -0.494 e. The molecule has 0 aliphatic heterocycles. The van der Waals surface area contributed by atoms with Crippen molar-refractivity contribution in [2.45, 2.75) is 33.7 Å². The first-order chi connectivity index (χ1) is 8.69. The molecule has 0 atom stereocenters. The third kappa shape index (κ3) is 3.09. The zero-order valence-electron chi connectivity index (χ0n) is 11.2. The number of nitrogens with zero attached hydrogens (tertiary/aromatic N) is 3. The Morgan fingerprint density at radius 2 is 1.89 bits per heavy atom. The highest BCUT2D eigenvalue weighted by molar-refractivity contribution is 5.27. The lowest BCUT2D eigenvalue weighted by molar-refractivity contribution is 0.317. The van der Waals surface area contributed by atoms with Crippen LogP contribution < -0.4 is 4.74 Å². The lowest BCUT2D eigenvalue weighted by atomic mass is 10.2. The van der Waals surface area contributed by atoms with Crippen LogP contribution in [0.5, 0.6) is 5.75 Å². The maximum atomic E-state index is 5.55. The Morgan fingerprint density at radius 3 is 2.44 bits per heavy atom. The van der Waals surface area contributed by atoms with E-state index >= 15 is 0 Å². The average Bonchev–Trinajstić information content (AvgIpc) is 2.67. The number of aryl methyl sites for hydroxylation is 2. The van der Waals surface area contributed by atoms with Gasteiger partial charge in [-0.05, 0) is 38.0 Å². The number of rotatable bonds is 5. The molecule has 0 spiro atoms. The quantitative estimate of drug-likeness (QED) is 0.813. The topological polar surface area (TPSA) is 39.9 Å². The summed E-state index contributed by atoms with van der Waals surface area (Å²) in [7, 11) is 0. The normalized spacial score (nSPS) is 10.6. The summed E-state index contributed by atoms with van der Waals surface area (Å²) in [5, 5.41) is 4.35. The Labute approximate surface area is 108 Å². The van der Waals surface area contributed by atoms with Crippen LogP contribution in [0.4, 0.5) is 0 Å². The molecule has 0 saturated carbocycles. The predicted molar refractivity (Wildman–Crippen MR) is 70.8 cm³/mol. The smallest absolute Gasteiger partial charge is 0.147 e. The van der Waals surface area contributed by atoms with Gasteiger partial charge in [0.2, 0.25) is 0 Å². The summed E-state index contributed by atoms with van der Waals surface area (Å²) in [6.45, 7) is 7.50. The molecule has 2 rings (SSSR count). The first-order valence-electron chi connectivity index (χ1n) is 6.29. The van der Waals surface area contributed by atoms with Gasteiger partial charge in [-0.2, -0.15) is 5.10 Å². The van der Waals surface area contributed by atoms with Crippen LogP contribution in [0.15, 0.2) is 24.3 Å². The number of benzene rings is 1. The van der Waals surface area contributed by atoms with Crippen molar-refractivity contribution in [3.05, 3.63) is 41.5 Å². The largest absolute Gasteiger partial charge is 0.494 e. The van der Waals surface area contributed by atoms with E-state index in [-0.39, 0.29) is 0 Å². The average molecular weight is 245 g/mol. The van der Waals surface area contributed by atoms with Gasteiger partial charge in [0, 0.05) is 0 Å². The molecule has 0 bridgehead atoms. The molecule has 18 heavy (non-hydrogen) atoms. The second-order valence-corrected chi connectivity index (χ2v) is 4.36. The third-order valence-corrected chi connectivity index (χ3v) is 2.69. The van der Waals surface area contributed by atoms with Crippen LogP contribution in [0.25, 0.3) is 0 Å². The van der Waals surface area contributed by atoms with Crippen molar-refractivity contribution in [1.29, 1.82) is 0 Å². The van der Waals surface area contributed by atoms with Crippen molar-refractivity contribution in [2.75, 3.05) is 6.61 Å². The Bertz CT molecular complexity index is 502. The highest BCUT2D eigenvalue weighted by Gasteiger charge is 2.03. The van der Waals surface area contributed by atoms with E-state index in [9.17, 15) is 0 Å². The van der Waals surface area contributed by atoms with E-state index in [1.54, 1.807) is 0 Å². The van der Waals surface area contributed by atoms with Crippen LogP contribution in [0.1, 0.15) is 30.6 Å². The van der Waals surface area contributed by atoms with Gasteiger partial charge in [-0.3, -0.25) is 0 Å². The minimum atomic E-state index is 0.751. The van der Waals surface area contributed by atoms with Crippen molar-refractivity contribution in [3.8, 4) is 5.75 Å². The van der Waals surface area contributed by atoms with Crippen LogP contribution in [0, 0.1) is 13.8 Å². The molecule has 0 saturated heterocycles. The zero-order valence-corrected chi connectivity index (χ0v) is 11.2. The van der Waals surface area contributed by atoms with Gasteiger partial charge in [0.15, 0.2) is 0 Å². The molecule has 0 radical (unpaired) electrons. The molecule has 0 unspecified atom stereocenters. The van der Waals surface area contributed by atoms with Gasteiger partial charge in [0.1, 0.15) is 17.4 Å². The maximum Gasteiger partial charge on any atom is 0.147 e. The Kier molecular flexibility index (Phi) is 3.97. The molecule has 2 aromatic rings. The fraction of sp³-hybridized carbons (Fsp3) is 0.429. The standard InChI is InChI=1S/C14H19N3O/c1-4-9-18-14-7-5-13(6-8-14)10-17-12(3)15-11(2)16-17/h5-8H,4,9-10H2,1-3H3. The molecule has 1 aromatic heterocycles. The first kappa shape index (κ1) is 12.6. The fourth-order valence-corrected chi connectivity index (χ4v) is 1.80. The molecule has 0 amide bonds. The van der Waals surface area contributed by atoms with E-state index in [2.05, 4.69) is 29.1 Å². The van der Waals surface area contributed by atoms with Gasteiger partial charge in [-0.25, -0.2) is 9.67 Å². The highest BCUT2D eigenvalue weighted by Crippen LogP contribution is 2.13. The van der Waals surface area contributed by atoms with Gasteiger partial charge in [0.05, 0.1) is 13.2 Å². The van der Waals surface area contributed by atoms with Gasteiger partial charge >= 0.3 is 0 Å². The predicted octanol–water partition coefficient (Wildman–Crippen LogP) is 2.73. The Balaban J connectivity index is 2.04. The Hall–Kier alpha value is -1.84. The SMILES string of the molecule is CCCOc1ccc(Cn2nc(C)nc2C)cc1. The monoisotopic (exact) mass is 245 g/mol. The van der Waals surface area contributed by atoms with E-state index in [0.29, 0.717) is 0 Å². The molecule has 1 heterocycles. The molecule has 0 fully saturated rings. The third-order valence-electron chi connectivity index (χ3n) is 2.69. The molecule has 0 aliphatic carbocycles. The van der Waals surface area contributed by atoms with Crippen LogP contribution in [0.2, 0.25) is 0 Å². The van der Waals surface area contributed by atoms with E-state index < -0.39 is 0 Å². The van der Waals surface area contributed by atoms with Crippen LogP contribution in [-0.2, 0) is 6.54 Å². The lowest BCUT2D eigenvalue weighted by Gasteiger charge is -2.06. The lowest BCUT2D eigenvalue weighted by Crippen LogP contribution is -2.04. The van der Waals surface area contributed by atoms with Gasteiger partial charge in [0.25, 0.3) is 0 Å². The second kappa shape index (κ2) is 5.67. The molecule has 4 heteroatoms. The maximum absolute atomic E-state index is 5.55. The number of hydrogen-bond acceptors (Lipinski definition) is 3. The highest BCUT2D eigenvalue weighted by atomic mass is 16.5. The summed E-state index contributed by atoms with van der Waals surface area (Å²) >= 11 is 0. The van der Waals surface area contributed by atoms with Crippen molar-refractivity contribution in [3.63, 3.8) is 0 Å². The fourth-order valence-electron chi connectivity index (χ4n) is 1.80. The van der Waals surface area contributed by atoms with Crippen LogP contribution >= 0.6 is 0 Å². The number of hydrogen-bond donors (Lipinski definition) is 0. The van der Waals surface area contributed by atoms with Gasteiger partial charge in [-0.15, -0.1) is 0 Å². The minimum absolute atomic E-state index is 0.751. The summed E-state index contributed by atoms with van der Waals surface area (Å²) in [4.78, 5) is 4.29. The number of ether oxygens (including phenoxy) is 1. The molecule has 0 N–H and O–H groups in total. The van der Waals surface area contributed by atoms with E-state index in [1.807, 2.05) is 30.7 Å². The van der Waals surface area contributed by atoms with Crippen LogP contribution in [-0.4, -0.2) is 21.4 Å². The first-order valence-corrected chi connectivity index (χ1v) is 6.29. The molecular weight excluding hydrogens is 226 g/mol. The molecule has 1 aromatic carbocycles. The van der Waals surface area contributed by atoms with Crippen molar-refractivity contribution >= 4 is 0 Å². The van der Waals surface area contributed by atoms with Crippen LogP contribution in [0.3, 0.4) is 0 Å². The van der Waals surface area contributed by atoms with Gasteiger partial charge < -0.3 is 4.74 Å². The summed E-state index contributed by atoms with van der Waals surface area (Å²) in [5.74, 6) is 2.68. The number of aromatic nitrogens is 3. The zero-order chi connectivity index (χ0) is 13.0.